The van der Waals surface area contributed by atoms with Crippen molar-refractivity contribution < 1.29 is 24.7 Å². The van der Waals surface area contributed by atoms with Crippen LogP contribution in [0.15, 0.2) is 114 Å². The maximum atomic E-state index is 11.3. The Morgan fingerprint density at radius 3 is 1.87 bits per heavy atom. The van der Waals surface area contributed by atoms with Crippen LogP contribution in [0.3, 0.4) is 0 Å². The Bertz CT molecular complexity index is 1630. The second kappa shape index (κ2) is 14.9. The summed E-state index contributed by atoms with van der Waals surface area (Å²) in [6.07, 6.45) is 0.435. The van der Waals surface area contributed by atoms with Gasteiger partial charge in [-0.25, -0.2) is 0 Å². The summed E-state index contributed by atoms with van der Waals surface area (Å²) in [7, 11) is -2.90. The predicted molar refractivity (Wildman–Crippen MR) is 185 cm³/mol. The SMILES string of the molecule is Cc1cc([C@H](O)CC=C=C(CO[Si](c2ccccc2)(c2ccccc2)C(C)(C)C)C[C@@H](O)c2ccc([N+](=O)[O-])cc2)cc(C)c1O. The number of phenolic OH excluding ortho intramolecular Hbond substituents is 1. The van der Waals surface area contributed by atoms with Gasteiger partial charge in [0, 0.05) is 25.0 Å². The number of aliphatic hydroxyl groups is 2. The van der Waals surface area contributed by atoms with Gasteiger partial charge in [-0.05, 0) is 87.4 Å². The Labute approximate surface area is 272 Å². The van der Waals surface area contributed by atoms with E-state index in [-0.39, 0.29) is 35.9 Å². The average molecular weight is 638 g/mol. The van der Waals surface area contributed by atoms with Gasteiger partial charge in [0.2, 0.25) is 0 Å². The molecule has 0 fully saturated rings. The van der Waals surface area contributed by atoms with Crippen molar-refractivity contribution in [2.45, 2.75) is 64.7 Å². The van der Waals surface area contributed by atoms with Gasteiger partial charge in [0.05, 0.1) is 23.7 Å². The van der Waals surface area contributed by atoms with Crippen molar-refractivity contribution in [3.05, 3.63) is 147 Å². The molecule has 3 N–H and O–H groups in total. The topological polar surface area (TPSA) is 113 Å². The van der Waals surface area contributed by atoms with Gasteiger partial charge in [0.25, 0.3) is 14.0 Å². The lowest BCUT2D eigenvalue weighted by Crippen LogP contribution is -2.66. The molecule has 4 aromatic carbocycles. The summed E-state index contributed by atoms with van der Waals surface area (Å²) in [5.74, 6) is 0.217. The van der Waals surface area contributed by atoms with Crippen LogP contribution in [0.2, 0.25) is 5.04 Å². The van der Waals surface area contributed by atoms with Gasteiger partial charge in [0.1, 0.15) is 5.75 Å². The zero-order valence-electron chi connectivity index (χ0n) is 27.1. The molecule has 0 unspecified atom stereocenters. The lowest BCUT2D eigenvalue weighted by Gasteiger charge is -2.43. The maximum Gasteiger partial charge on any atom is 0.269 e. The number of nitro benzene ring substituents is 1. The van der Waals surface area contributed by atoms with Crippen LogP contribution < -0.4 is 10.4 Å². The Morgan fingerprint density at radius 1 is 0.870 bits per heavy atom. The molecule has 0 amide bonds. The minimum absolute atomic E-state index is 0.0460. The molecule has 2 atom stereocenters. The molecule has 0 bridgehead atoms. The summed E-state index contributed by atoms with van der Waals surface area (Å²) >= 11 is 0. The van der Waals surface area contributed by atoms with Crippen LogP contribution in [0.1, 0.15) is 68.1 Å². The molecule has 0 saturated carbocycles. The van der Waals surface area contributed by atoms with E-state index in [1.54, 1.807) is 44.2 Å². The van der Waals surface area contributed by atoms with Crippen LogP contribution >= 0.6 is 0 Å². The van der Waals surface area contributed by atoms with E-state index in [2.05, 4.69) is 50.8 Å². The van der Waals surface area contributed by atoms with Gasteiger partial charge in [-0.15, -0.1) is 5.73 Å². The molecule has 0 aliphatic heterocycles. The zero-order chi connectivity index (χ0) is 33.5. The Hall–Kier alpha value is -4.30. The van der Waals surface area contributed by atoms with Gasteiger partial charge < -0.3 is 19.7 Å². The number of aliphatic hydroxyl groups excluding tert-OH is 2. The zero-order valence-corrected chi connectivity index (χ0v) is 28.1. The van der Waals surface area contributed by atoms with E-state index in [4.69, 9.17) is 4.43 Å². The van der Waals surface area contributed by atoms with Crippen molar-refractivity contribution in [3.8, 4) is 5.75 Å². The first-order chi connectivity index (χ1) is 21.8. The van der Waals surface area contributed by atoms with Crippen molar-refractivity contribution in [1.82, 2.24) is 0 Å². The van der Waals surface area contributed by atoms with Crippen LogP contribution in [0.25, 0.3) is 0 Å². The molecular formula is C38H43NO6Si. The number of rotatable bonds is 12. The smallest absolute Gasteiger partial charge is 0.269 e. The molecule has 7 nitrogen and oxygen atoms in total. The van der Waals surface area contributed by atoms with Crippen molar-refractivity contribution in [2.75, 3.05) is 6.61 Å². The van der Waals surface area contributed by atoms with Crippen molar-refractivity contribution in [2.24, 2.45) is 0 Å². The lowest BCUT2D eigenvalue weighted by molar-refractivity contribution is -0.384. The highest BCUT2D eigenvalue weighted by Crippen LogP contribution is 2.37. The molecule has 0 spiro atoms. The van der Waals surface area contributed by atoms with E-state index in [0.29, 0.717) is 27.8 Å². The van der Waals surface area contributed by atoms with Crippen molar-refractivity contribution in [3.63, 3.8) is 0 Å². The third kappa shape index (κ3) is 7.91. The fourth-order valence-corrected chi connectivity index (χ4v) is 10.5. The van der Waals surface area contributed by atoms with Crippen LogP contribution in [0.4, 0.5) is 5.69 Å². The number of nitro groups is 1. The van der Waals surface area contributed by atoms with Gasteiger partial charge >= 0.3 is 0 Å². The number of phenols is 1. The number of nitrogens with zero attached hydrogens (tertiary/aromatic N) is 1. The van der Waals surface area contributed by atoms with Crippen LogP contribution in [0, 0.1) is 24.0 Å². The Kier molecular flexibility index (Phi) is 11.2. The van der Waals surface area contributed by atoms with Crippen molar-refractivity contribution in [1.29, 1.82) is 0 Å². The summed E-state index contributed by atoms with van der Waals surface area (Å²) in [4.78, 5) is 10.7. The fourth-order valence-electron chi connectivity index (χ4n) is 5.92. The number of non-ortho nitro benzene ring substituents is 1. The van der Waals surface area contributed by atoms with E-state index in [1.165, 1.54) is 12.1 Å². The molecule has 0 heterocycles. The molecule has 8 heteroatoms. The van der Waals surface area contributed by atoms with Gasteiger partial charge in [-0.3, -0.25) is 10.1 Å². The largest absolute Gasteiger partial charge is 0.507 e. The van der Waals surface area contributed by atoms with E-state index in [1.807, 2.05) is 36.4 Å². The summed E-state index contributed by atoms with van der Waals surface area (Å²) in [5.41, 5.74) is 6.61. The third-order valence-electron chi connectivity index (χ3n) is 8.35. The molecule has 4 rings (SSSR count). The Morgan fingerprint density at radius 2 is 1.39 bits per heavy atom. The first-order valence-corrected chi connectivity index (χ1v) is 17.3. The highest BCUT2D eigenvalue weighted by molar-refractivity contribution is 6.99. The van der Waals surface area contributed by atoms with Crippen LogP contribution in [0.5, 0.6) is 5.75 Å². The predicted octanol–water partition coefficient (Wildman–Crippen LogP) is 7.12. The van der Waals surface area contributed by atoms with E-state index in [0.717, 1.165) is 10.4 Å². The molecule has 0 aliphatic carbocycles. The van der Waals surface area contributed by atoms with Gasteiger partial charge in [-0.2, -0.15) is 0 Å². The molecular weight excluding hydrogens is 595 g/mol. The number of aryl methyl sites for hydroxylation is 2. The summed E-state index contributed by atoms with van der Waals surface area (Å²) < 4.78 is 7.13. The van der Waals surface area contributed by atoms with Crippen LogP contribution in [-0.4, -0.2) is 35.2 Å². The summed E-state index contributed by atoms with van der Waals surface area (Å²) in [6, 6.07) is 30.0. The summed E-state index contributed by atoms with van der Waals surface area (Å²) in [6.45, 7) is 10.4. The number of benzene rings is 4. The van der Waals surface area contributed by atoms with E-state index < -0.39 is 25.4 Å². The van der Waals surface area contributed by atoms with E-state index >= 15 is 0 Å². The Balaban J connectivity index is 1.72. The lowest BCUT2D eigenvalue weighted by atomic mass is 9.99. The highest BCUT2D eigenvalue weighted by atomic mass is 28.4. The molecule has 240 valence electrons. The molecule has 46 heavy (non-hydrogen) atoms. The monoisotopic (exact) mass is 637 g/mol. The molecule has 4 aromatic rings. The number of aromatic hydroxyl groups is 1. The number of hydrogen-bond acceptors (Lipinski definition) is 6. The second-order valence-corrected chi connectivity index (χ2v) is 17.0. The summed E-state index contributed by atoms with van der Waals surface area (Å²) in [5, 5.41) is 45.5. The second-order valence-electron chi connectivity index (χ2n) is 12.7. The minimum atomic E-state index is -2.90. The average Bonchev–Trinajstić information content (AvgIpc) is 3.03. The molecule has 0 radical (unpaired) electrons. The molecule has 0 saturated heterocycles. The molecule has 0 aromatic heterocycles. The quantitative estimate of drug-likeness (QED) is 0.0660. The highest BCUT2D eigenvalue weighted by Gasteiger charge is 2.50. The molecule has 0 aliphatic rings. The fraction of sp³-hybridized carbons (Fsp3) is 0.289. The van der Waals surface area contributed by atoms with Crippen LogP contribution in [-0.2, 0) is 4.43 Å². The normalized spacial score (nSPS) is 13.0. The van der Waals surface area contributed by atoms with Crippen molar-refractivity contribution >= 4 is 24.4 Å². The standard InChI is InChI=1S/C38H43NO6Si/c1-27-23-31(24-28(2)37(27)42)35(40)18-12-13-29(25-36(41)30-19-21-32(22-20-30)39(43)44)26-45-46(38(3,4)5,33-14-8-6-9-15-33)34-16-10-7-11-17-34/h6-12,14-17,19-24,35-36,40-42H,18,25-26H2,1-5H3/t13?,35-,36-/m1/s1. The number of hydrogen-bond donors (Lipinski definition) is 3. The maximum absolute atomic E-state index is 11.3. The first-order valence-electron chi connectivity index (χ1n) is 15.4. The van der Waals surface area contributed by atoms with E-state index in [9.17, 15) is 25.4 Å². The first kappa shape index (κ1) is 34.6. The van der Waals surface area contributed by atoms with Gasteiger partial charge in [-0.1, -0.05) is 81.4 Å². The van der Waals surface area contributed by atoms with Gasteiger partial charge in [0.15, 0.2) is 0 Å². The third-order valence-corrected chi connectivity index (χ3v) is 13.3. The minimum Gasteiger partial charge on any atom is -0.507 e.